The second-order valence-electron chi connectivity index (χ2n) is 4.71. The number of hydrogen-bond acceptors (Lipinski definition) is 3. The van der Waals surface area contributed by atoms with E-state index in [2.05, 4.69) is 32.6 Å². The molecule has 2 atom stereocenters. The van der Waals surface area contributed by atoms with Crippen LogP contribution in [-0.4, -0.2) is 36.6 Å². The Hall–Kier alpha value is -0.570. The van der Waals surface area contributed by atoms with E-state index in [0.717, 1.165) is 12.8 Å². The summed E-state index contributed by atoms with van der Waals surface area (Å²) in [6.07, 6.45) is 1.87. The molecule has 0 saturated carbocycles. The van der Waals surface area contributed by atoms with Crippen molar-refractivity contribution in [2.45, 2.75) is 59.5 Å². The molecule has 0 amide bonds. The highest BCUT2D eigenvalue weighted by atomic mass is 16.5. The van der Waals surface area contributed by atoms with Crippen LogP contribution in [0, 0.1) is 5.92 Å². The van der Waals surface area contributed by atoms with Crippen LogP contribution < -0.4 is 0 Å². The van der Waals surface area contributed by atoms with Gasteiger partial charge in [0.05, 0.1) is 6.61 Å². The van der Waals surface area contributed by atoms with Gasteiger partial charge in [-0.2, -0.15) is 0 Å². The molecule has 2 unspecified atom stereocenters. The van der Waals surface area contributed by atoms with E-state index in [-0.39, 0.29) is 12.0 Å². The van der Waals surface area contributed by atoms with Crippen molar-refractivity contribution in [3.05, 3.63) is 0 Å². The molecular formula is C13H27NO2. The maximum atomic E-state index is 11.8. The molecule has 0 heterocycles. The molecule has 3 nitrogen and oxygen atoms in total. The largest absolute Gasteiger partial charge is 0.465 e. The molecule has 0 aromatic carbocycles. The highest BCUT2D eigenvalue weighted by Crippen LogP contribution is 2.16. The summed E-state index contributed by atoms with van der Waals surface area (Å²) in [7, 11) is 2.02. The number of carbonyl (C=O) groups excluding carboxylic acids is 1. The van der Waals surface area contributed by atoms with Gasteiger partial charge in [0, 0.05) is 6.04 Å². The maximum absolute atomic E-state index is 11.8. The van der Waals surface area contributed by atoms with Crippen LogP contribution in [0.25, 0.3) is 0 Å². The topological polar surface area (TPSA) is 29.5 Å². The summed E-state index contributed by atoms with van der Waals surface area (Å²) >= 11 is 0. The quantitative estimate of drug-likeness (QED) is 0.629. The van der Waals surface area contributed by atoms with Crippen LogP contribution in [-0.2, 0) is 9.53 Å². The molecule has 0 radical (unpaired) electrons. The monoisotopic (exact) mass is 229 g/mol. The third kappa shape index (κ3) is 4.52. The van der Waals surface area contributed by atoms with Crippen LogP contribution in [0.1, 0.15) is 47.5 Å². The van der Waals surface area contributed by atoms with Crippen LogP contribution in [0.5, 0.6) is 0 Å². The minimum atomic E-state index is -0.0950. The molecule has 0 spiro atoms. The minimum Gasteiger partial charge on any atom is -0.465 e. The van der Waals surface area contributed by atoms with Gasteiger partial charge in [0.15, 0.2) is 0 Å². The number of nitrogens with zero attached hydrogens (tertiary/aromatic N) is 1. The molecule has 0 aromatic heterocycles. The average Bonchev–Trinajstić information content (AvgIpc) is 2.24. The van der Waals surface area contributed by atoms with E-state index < -0.39 is 0 Å². The first-order chi connectivity index (χ1) is 7.45. The fourth-order valence-electron chi connectivity index (χ4n) is 1.75. The molecule has 96 valence electrons. The molecule has 0 saturated heterocycles. The van der Waals surface area contributed by atoms with E-state index in [1.807, 2.05) is 14.0 Å². The Kier molecular flexibility index (Phi) is 7.39. The van der Waals surface area contributed by atoms with Crippen LogP contribution in [0.2, 0.25) is 0 Å². The van der Waals surface area contributed by atoms with Crippen molar-refractivity contribution >= 4 is 5.97 Å². The normalized spacial score (nSPS) is 15.2. The predicted octanol–water partition coefficient (Wildman–Crippen LogP) is 2.69. The van der Waals surface area contributed by atoms with Crippen molar-refractivity contribution in [1.82, 2.24) is 4.90 Å². The summed E-state index contributed by atoms with van der Waals surface area (Å²) in [5, 5.41) is 0. The maximum Gasteiger partial charge on any atom is 0.323 e. The van der Waals surface area contributed by atoms with Crippen molar-refractivity contribution in [3.63, 3.8) is 0 Å². The number of ether oxygens (including phenoxy) is 1. The first-order valence-corrected chi connectivity index (χ1v) is 6.34. The number of rotatable bonds is 7. The van der Waals surface area contributed by atoms with Gasteiger partial charge in [-0.05, 0) is 33.2 Å². The van der Waals surface area contributed by atoms with Crippen molar-refractivity contribution in [1.29, 1.82) is 0 Å². The Morgan fingerprint density at radius 1 is 1.25 bits per heavy atom. The van der Waals surface area contributed by atoms with Gasteiger partial charge in [-0.1, -0.05) is 27.2 Å². The van der Waals surface area contributed by atoms with E-state index in [1.165, 1.54) is 0 Å². The molecule has 0 aliphatic rings. The zero-order valence-electron chi connectivity index (χ0n) is 11.6. The fraction of sp³-hybridized carbons (Fsp3) is 0.923. The van der Waals surface area contributed by atoms with E-state index in [0.29, 0.717) is 18.6 Å². The summed E-state index contributed by atoms with van der Waals surface area (Å²) in [5.41, 5.74) is 0. The van der Waals surface area contributed by atoms with Gasteiger partial charge >= 0.3 is 5.97 Å². The van der Waals surface area contributed by atoms with Gasteiger partial charge < -0.3 is 4.74 Å². The average molecular weight is 229 g/mol. The predicted molar refractivity (Wildman–Crippen MR) is 67.4 cm³/mol. The van der Waals surface area contributed by atoms with Crippen molar-refractivity contribution in [3.8, 4) is 0 Å². The Balaban J connectivity index is 4.56. The molecule has 16 heavy (non-hydrogen) atoms. The zero-order chi connectivity index (χ0) is 12.7. The van der Waals surface area contributed by atoms with Gasteiger partial charge in [0.1, 0.15) is 6.04 Å². The molecule has 0 aromatic rings. The smallest absolute Gasteiger partial charge is 0.323 e. The summed E-state index contributed by atoms with van der Waals surface area (Å²) in [5.74, 6) is 0.457. The highest BCUT2D eigenvalue weighted by Gasteiger charge is 2.27. The van der Waals surface area contributed by atoms with E-state index in [1.54, 1.807) is 0 Å². The molecular weight excluding hydrogens is 202 g/mol. The standard InChI is InChI=1S/C13H27NO2/c1-7-9-12(13(15)16-8-2)14(6)11(5)10(3)4/h10-12H,7-9H2,1-6H3. The lowest BCUT2D eigenvalue weighted by Crippen LogP contribution is -2.46. The third-order valence-corrected chi connectivity index (χ3v) is 3.22. The van der Waals surface area contributed by atoms with Crippen molar-refractivity contribution in [2.24, 2.45) is 5.92 Å². The first kappa shape index (κ1) is 15.4. The highest BCUT2D eigenvalue weighted by molar-refractivity contribution is 5.75. The van der Waals surface area contributed by atoms with Gasteiger partial charge in [-0.15, -0.1) is 0 Å². The number of likely N-dealkylation sites (N-methyl/N-ethyl adjacent to an activating group) is 1. The van der Waals surface area contributed by atoms with Crippen molar-refractivity contribution < 1.29 is 9.53 Å². The van der Waals surface area contributed by atoms with E-state index in [4.69, 9.17) is 4.74 Å². The summed E-state index contributed by atoms with van der Waals surface area (Å²) in [6, 6.07) is 0.295. The van der Waals surface area contributed by atoms with Gasteiger partial charge in [0.25, 0.3) is 0 Å². The molecule has 0 aliphatic carbocycles. The summed E-state index contributed by atoms with van der Waals surface area (Å²) in [4.78, 5) is 14.0. The van der Waals surface area contributed by atoms with Crippen LogP contribution in [0.4, 0.5) is 0 Å². The number of carbonyl (C=O) groups is 1. The molecule has 0 N–H and O–H groups in total. The van der Waals surface area contributed by atoms with E-state index >= 15 is 0 Å². The number of hydrogen-bond donors (Lipinski definition) is 0. The second kappa shape index (κ2) is 7.66. The first-order valence-electron chi connectivity index (χ1n) is 6.34. The lowest BCUT2D eigenvalue weighted by molar-refractivity contribution is -0.150. The summed E-state index contributed by atoms with van der Waals surface area (Å²) < 4.78 is 5.13. The SMILES string of the molecule is CCCC(C(=O)OCC)N(C)C(C)C(C)C. The van der Waals surface area contributed by atoms with Gasteiger partial charge in [-0.3, -0.25) is 9.69 Å². The minimum absolute atomic E-state index is 0.0839. The molecule has 0 aliphatic heterocycles. The zero-order valence-corrected chi connectivity index (χ0v) is 11.6. The van der Waals surface area contributed by atoms with Crippen LogP contribution >= 0.6 is 0 Å². The van der Waals surface area contributed by atoms with Crippen LogP contribution in [0.3, 0.4) is 0 Å². The molecule has 0 fully saturated rings. The Morgan fingerprint density at radius 2 is 1.81 bits per heavy atom. The second-order valence-corrected chi connectivity index (χ2v) is 4.71. The van der Waals surface area contributed by atoms with Gasteiger partial charge in [-0.25, -0.2) is 0 Å². The Bertz CT molecular complexity index is 204. The Labute approximate surface area is 100 Å². The van der Waals surface area contributed by atoms with Crippen LogP contribution in [0.15, 0.2) is 0 Å². The fourth-order valence-corrected chi connectivity index (χ4v) is 1.75. The summed E-state index contributed by atoms with van der Waals surface area (Å²) in [6.45, 7) is 10.9. The third-order valence-electron chi connectivity index (χ3n) is 3.22. The molecule has 0 rings (SSSR count). The van der Waals surface area contributed by atoms with E-state index in [9.17, 15) is 4.79 Å². The lowest BCUT2D eigenvalue weighted by Gasteiger charge is -2.33. The molecule has 0 bridgehead atoms. The van der Waals surface area contributed by atoms with Gasteiger partial charge in [0.2, 0.25) is 0 Å². The lowest BCUT2D eigenvalue weighted by atomic mass is 10.0. The number of esters is 1. The van der Waals surface area contributed by atoms with Crippen molar-refractivity contribution in [2.75, 3.05) is 13.7 Å². The Morgan fingerprint density at radius 3 is 2.19 bits per heavy atom. The molecule has 3 heteroatoms.